The highest BCUT2D eigenvalue weighted by Gasteiger charge is 2.21. The van der Waals surface area contributed by atoms with Gasteiger partial charge in [0, 0.05) is 26.8 Å². The molecule has 0 aromatic heterocycles. The van der Waals surface area contributed by atoms with E-state index in [1.807, 2.05) is 24.3 Å². The number of nitrogens with zero attached hydrogens (tertiary/aromatic N) is 1. The van der Waals surface area contributed by atoms with Crippen molar-refractivity contribution in [1.29, 1.82) is 0 Å². The summed E-state index contributed by atoms with van der Waals surface area (Å²) in [6.07, 6.45) is 3.63. The van der Waals surface area contributed by atoms with E-state index in [0.717, 1.165) is 49.6 Å². The Balaban J connectivity index is 0.00000225. The van der Waals surface area contributed by atoms with Crippen LogP contribution in [0.3, 0.4) is 0 Å². The minimum atomic E-state index is -0.0275. The molecule has 0 spiro atoms. The van der Waals surface area contributed by atoms with Gasteiger partial charge in [-0.3, -0.25) is 4.99 Å². The van der Waals surface area contributed by atoms with Crippen LogP contribution in [-0.2, 0) is 4.74 Å². The fraction of sp³-hybridized carbons (Fsp3) is 0.611. The summed E-state index contributed by atoms with van der Waals surface area (Å²) in [5.74, 6) is 3.21. The lowest BCUT2D eigenvalue weighted by atomic mass is 10.2. The van der Waals surface area contributed by atoms with E-state index in [0.29, 0.717) is 13.2 Å². The van der Waals surface area contributed by atoms with Crippen LogP contribution < -0.4 is 20.1 Å². The molecular formula is C18H28IN3O3. The van der Waals surface area contributed by atoms with Crippen LogP contribution >= 0.6 is 24.0 Å². The van der Waals surface area contributed by atoms with E-state index in [4.69, 9.17) is 14.2 Å². The molecule has 1 heterocycles. The maximum atomic E-state index is 5.92. The Hall–Kier alpha value is -1.22. The fourth-order valence-corrected chi connectivity index (χ4v) is 2.51. The van der Waals surface area contributed by atoms with E-state index >= 15 is 0 Å². The summed E-state index contributed by atoms with van der Waals surface area (Å²) < 4.78 is 17.3. The van der Waals surface area contributed by atoms with Crippen molar-refractivity contribution in [1.82, 2.24) is 10.6 Å². The molecule has 140 valence electrons. The normalized spacial score (nSPS) is 19.1. The molecule has 3 rings (SSSR count). The molecule has 1 atom stereocenters. The second-order valence-corrected chi connectivity index (χ2v) is 6.25. The van der Waals surface area contributed by atoms with E-state index < -0.39 is 0 Å². The molecule has 0 amide bonds. The van der Waals surface area contributed by atoms with Crippen molar-refractivity contribution < 1.29 is 14.2 Å². The van der Waals surface area contributed by atoms with Gasteiger partial charge in [-0.15, -0.1) is 24.0 Å². The van der Waals surface area contributed by atoms with Crippen molar-refractivity contribution in [3.05, 3.63) is 24.3 Å². The Morgan fingerprint density at radius 3 is 2.80 bits per heavy atom. The standard InChI is InChI=1S/C18H27N3O3.HI/c1-19-18(20-9-4-10-22-12-14-7-8-14)21-11-15-13-23-16-5-2-3-6-17(16)24-15;/h2-3,5-6,14-15H,4,7-13H2,1H3,(H2,19,20,21);1H. The third-order valence-corrected chi connectivity index (χ3v) is 4.10. The molecule has 1 aliphatic carbocycles. The van der Waals surface area contributed by atoms with E-state index in [1.165, 1.54) is 12.8 Å². The van der Waals surface area contributed by atoms with Gasteiger partial charge >= 0.3 is 0 Å². The number of benzene rings is 1. The number of rotatable bonds is 8. The minimum absolute atomic E-state index is 0. The van der Waals surface area contributed by atoms with Crippen LogP contribution in [0.25, 0.3) is 0 Å². The quantitative estimate of drug-likeness (QED) is 0.270. The van der Waals surface area contributed by atoms with Gasteiger partial charge in [-0.2, -0.15) is 0 Å². The predicted molar refractivity (Wildman–Crippen MR) is 109 cm³/mol. The first kappa shape index (κ1) is 20.1. The smallest absolute Gasteiger partial charge is 0.191 e. The molecule has 1 aromatic carbocycles. The summed E-state index contributed by atoms with van der Waals surface area (Å²) in [6, 6.07) is 7.74. The number of hydrogen-bond acceptors (Lipinski definition) is 4. The average Bonchev–Trinajstić information content (AvgIpc) is 3.44. The minimum Gasteiger partial charge on any atom is -0.486 e. The van der Waals surface area contributed by atoms with Crippen LogP contribution in [0.4, 0.5) is 0 Å². The van der Waals surface area contributed by atoms with E-state index in [9.17, 15) is 0 Å². The van der Waals surface area contributed by atoms with Crippen LogP contribution in [0.15, 0.2) is 29.3 Å². The number of halogens is 1. The van der Waals surface area contributed by atoms with Gasteiger partial charge in [0.1, 0.15) is 12.7 Å². The van der Waals surface area contributed by atoms with Crippen LogP contribution in [0.1, 0.15) is 19.3 Å². The monoisotopic (exact) mass is 461 g/mol. The molecule has 1 aromatic rings. The number of para-hydroxylation sites is 2. The highest BCUT2D eigenvalue weighted by molar-refractivity contribution is 14.0. The maximum Gasteiger partial charge on any atom is 0.191 e. The Kier molecular flexibility index (Phi) is 8.60. The topological polar surface area (TPSA) is 64.1 Å². The lowest BCUT2D eigenvalue weighted by molar-refractivity contribution is 0.0935. The molecule has 25 heavy (non-hydrogen) atoms. The summed E-state index contributed by atoms with van der Waals surface area (Å²) in [7, 11) is 1.77. The van der Waals surface area contributed by atoms with Crippen molar-refractivity contribution in [2.45, 2.75) is 25.4 Å². The molecule has 0 saturated heterocycles. The van der Waals surface area contributed by atoms with Crippen LogP contribution in [-0.4, -0.2) is 52.0 Å². The Morgan fingerprint density at radius 1 is 1.24 bits per heavy atom. The van der Waals surface area contributed by atoms with Crippen LogP contribution in [0.2, 0.25) is 0 Å². The fourth-order valence-electron chi connectivity index (χ4n) is 2.51. The van der Waals surface area contributed by atoms with Gasteiger partial charge in [-0.1, -0.05) is 12.1 Å². The Labute approximate surface area is 166 Å². The molecule has 1 aliphatic heterocycles. The first-order valence-corrected chi connectivity index (χ1v) is 8.76. The van der Waals surface area contributed by atoms with Gasteiger partial charge in [0.15, 0.2) is 17.5 Å². The highest BCUT2D eigenvalue weighted by Crippen LogP contribution is 2.30. The zero-order chi connectivity index (χ0) is 16.6. The maximum absolute atomic E-state index is 5.92. The zero-order valence-corrected chi connectivity index (χ0v) is 17.0. The molecule has 2 N–H and O–H groups in total. The molecule has 1 saturated carbocycles. The van der Waals surface area contributed by atoms with Gasteiger partial charge in [-0.25, -0.2) is 0 Å². The van der Waals surface area contributed by atoms with Crippen molar-refractivity contribution in [2.24, 2.45) is 10.9 Å². The van der Waals surface area contributed by atoms with Crippen molar-refractivity contribution in [3.63, 3.8) is 0 Å². The molecule has 6 nitrogen and oxygen atoms in total. The first-order valence-electron chi connectivity index (χ1n) is 8.76. The predicted octanol–water partition coefficient (Wildman–Crippen LogP) is 2.43. The molecular weight excluding hydrogens is 433 g/mol. The largest absolute Gasteiger partial charge is 0.486 e. The number of hydrogen-bond donors (Lipinski definition) is 2. The zero-order valence-electron chi connectivity index (χ0n) is 14.7. The van der Waals surface area contributed by atoms with Gasteiger partial charge in [0.25, 0.3) is 0 Å². The number of fused-ring (bicyclic) bond motifs is 1. The average molecular weight is 461 g/mol. The molecule has 1 fully saturated rings. The molecule has 7 heteroatoms. The third kappa shape index (κ3) is 6.89. The van der Waals surface area contributed by atoms with Crippen molar-refractivity contribution >= 4 is 29.9 Å². The lowest BCUT2D eigenvalue weighted by Gasteiger charge is -2.27. The number of guanidine groups is 1. The third-order valence-electron chi connectivity index (χ3n) is 4.10. The second kappa shape index (κ2) is 10.7. The number of nitrogens with one attached hydrogen (secondary N) is 2. The Bertz CT molecular complexity index is 552. The number of aliphatic imine (C=N–C) groups is 1. The summed E-state index contributed by atoms with van der Waals surface area (Å²) in [6.45, 7) is 3.75. The highest BCUT2D eigenvalue weighted by atomic mass is 127. The van der Waals surface area contributed by atoms with Gasteiger partial charge in [0.2, 0.25) is 0 Å². The number of ether oxygens (including phenoxy) is 3. The molecule has 2 aliphatic rings. The van der Waals surface area contributed by atoms with Gasteiger partial charge in [-0.05, 0) is 37.3 Å². The van der Waals surface area contributed by atoms with Crippen LogP contribution in [0.5, 0.6) is 11.5 Å². The molecule has 0 bridgehead atoms. The first-order chi connectivity index (χ1) is 11.8. The Morgan fingerprint density at radius 2 is 2.04 bits per heavy atom. The van der Waals surface area contributed by atoms with Gasteiger partial charge < -0.3 is 24.8 Å². The van der Waals surface area contributed by atoms with E-state index in [2.05, 4.69) is 15.6 Å². The summed E-state index contributed by atoms with van der Waals surface area (Å²) in [4.78, 5) is 4.23. The second-order valence-electron chi connectivity index (χ2n) is 6.25. The molecule has 1 unspecified atom stereocenters. The summed E-state index contributed by atoms with van der Waals surface area (Å²) in [5.41, 5.74) is 0. The van der Waals surface area contributed by atoms with Crippen LogP contribution in [0, 0.1) is 5.92 Å². The van der Waals surface area contributed by atoms with Crippen molar-refractivity contribution in [3.8, 4) is 11.5 Å². The SMILES string of the molecule is CN=C(NCCCOCC1CC1)NCC1COc2ccccc2O1.I. The van der Waals surface area contributed by atoms with E-state index in [-0.39, 0.29) is 30.1 Å². The van der Waals surface area contributed by atoms with Gasteiger partial charge in [0.05, 0.1) is 6.54 Å². The summed E-state index contributed by atoms with van der Waals surface area (Å²) in [5, 5.41) is 6.58. The van der Waals surface area contributed by atoms with E-state index in [1.54, 1.807) is 7.05 Å². The van der Waals surface area contributed by atoms with Crippen molar-refractivity contribution in [2.75, 3.05) is 40.0 Å². The molecule has 0 radical (unpaired) electrons. The summed E-state index contributed by atoms with van der Waals surface area (Å²) >= 11 is 0. The lowest BCUT2D eigenvalue weighted by Crippen LogP contribution is -2.45.